The lowest BCUT2D eigenvalue weighted by atomic mass is 9.79. The van der Waals surface area contributed by atoms with E-state index in [1.165, 1.54) is 37.7 Å². The van der Waals surface area contributed by atoms with Gasteiger partial charge in [0, 0.05) is 17.1 Å². The van der Waals surface area contributed by atoms with Crippen LogP contribution in [-0.4, -0.2) is 6.04 Å². The molecule has 0 radical (unpaired) electrons. The van der Waals surface area contributed by atoms with E-state index in [2.05, 4.69) is 24.4 Å². The van der Waals surface area contributed by atoms with Crippen molar-refractivity contribution < 1.29 is 0 Å². The van der Waals surface area contributed by atoms with Crippen molar-refractivity contribution in [3.8, 4) is 0 Å². The summed E-state index contributed by atoms with van der Waals surface area (Å²) in [6.45, 7) is 2.29. The highest BCUT2D eigenvalue weighted by Crippen LogP contribution is 2.58. The molecule has 3 aliphatic carbocycles. The van der Waals surface area contributed by atoms with Gasteiger partial charge >= 0.3 is 0 Å². The summed E-state index contributed by atoms with van der Waals surface area (Å²) in [5.41, 5.74) is 1.36. The van der Waals surface area contributed by atoms with Crippen LogP contribution in [0.5, 0.6) is 0 Å². The molecular formula is C18H24ClN. The second-order valence-electron chi connectivity index (χ2n) is 7.20. The molecule has 3 fully saturated rings. The topological polar surface area (TPSA) is 12.0 Å². The minimum absolute atomic E-state index is 0.441. The van der Waals surface area contributed by atoms with Crippen molar-refractivity contribution in [2.24, 2.45) is 23.7 Å². The second kappa shape index (κ2) is 5.03. The standard InChI is InChI=1S/C18H24ClN/c1-11(12-5-7-14(19)8-6-12)20-18-10-13-9-17(18)16-4-2-3-15(13)16/h5-8,11,13,15-18,20H,2-4,9-10H2,1H3/t11-,13?,15?,16?,17?,18?/m0/s1. The first-order chi connectivity index (χ1) is 9.72. The first-order valence-electron chi connectivity index (χ1n) is 8.24. The van der Waals surface area contributed by atoms with Gasteiger partial charge in [-0.3, -0.25) is 0 Å². The van der Waals surface area contributed by atoms with Gasteiger partial charge in [0.1, 0.15) is 0 Å². The maximum absolute atomic E-state index is 5.98. The Morgan fingerprint density at radius 2 is 1.80 bits per heavy atom. The van der Waals surface area contributed by atoms with E-state index in [1.54, 1.807) is 0 Å². The van der Waals surface area contributed by atoms with Crippen molar-refractivity contribution >= 4 is 11.6 Å². The van der Waals surface area contributed by atoms with Gasteiger partial charge in [-0.15, -0.1) is 0 Å². The first kappa shape index (κ1) is 13.2. The van der Waals surface area contributed by atoms with E-state index in [-0.39, 0.29) is 0 Å². The van der Waals surface area contributed by atoms with Crippen LogP contribution >= 0.6 is 11.6 Å². The molecule has 1 aromatic rings. The lowest BCUT2D eigenvalue weighted by molar-refractivity contribution is 0.200. The first-order valence-corrected chi connectivity index (χ1v) is 8.61. The van der Waals surface area contributed by atoms with Gasteiger partial charge < -0.3 is 5.32 Å². The van der Waals surface area contributed by atoms with Crippen LogP contribution in [0.3, 0.4) is 0 Å². The summed E-state index contributed by atoms with van der Waals surface area (Å²) in [6, 6.07) is 9.52. The largest absolute Gasteiger partial charge is 0.307 e. The van der Waals surface area contributed by atoms with E-state index < -0.39 is 0 Å². The predicted molar refractivity (Wildman–Crippen MR) is 83.8 cm³/mol. The molecule has 0 aliphatic heterocycles. The van der Waals surface area contributed by atoms with E-state index >= 15 is 0 Å². The van der Waals surface area contributed by atoms with E-state index in [0.29, 0.717) is 6.04 Å². The lowest BCUT2D eigenvalue weighted by Gasteiger charge is -2.34. The average molecular weight is 290 g/mol. The number of halogens is 1. The van der Waals surface area contributed by atoms with Gasteiger partial charge in [-0.25, -0.2) is 0 Å². The Bertz CT molecular complexity index is 483. The molecule has 108 valence electrons. The molecule has 1 N–H and O–H groups in total. The van der Waals surface area contributed by atoms with Crippen LogP contribution in [0.1, 0.15) is 50.6 Å². The molecule has 0 spiro atoms. The van der Waals surface area contributed by atoms with Gasteiger partial charge in [0.15, 0.2) is 0 Å². The molecule has 0 amide bonds. The zero-order valence-electron chi connectivity index (χ0n) is 12.2. The molecule has 3 aliphatic rings. The van der Waals surface area contributed by atoms with Gasteiger partial charge in [0.05, 0.1) is 0 Å². The van der Waals surface area contributed by atoms with Crippen LogP contribution < -0.4 is 5.32 Å². The number of nitrogens with one attached hydrogen (secondary N) is 1. The maximum atomic E-state index is 5.98. The Kier molecular flexibility index (Phi) is 3.31. The van der Waals surface area contributed by atoms with Crippen LogP contribution in [-0.2, 0) is 0 Å². The van der Waals surface area contributed by atoms with Crippen molar-refractivity contribution in [1.82, 2.24) is 5.32 Å². The quantitative estimate of drug-likeness (QED) is 0.841. The van der Waals surface area contributed by atoms with Crippen LogP contribution in [0, 0.1) is 23.7 Å². The molecule has 20 heavy (non-hydrogen) atoms. The van der Waals surface area contributed by atoms with Crippen LogP contribution in [0.4, 0.5) is 0 Å². The van der Waals surface area contributed by atoms with Crippen molar-refractivity contribution in [3.63, 3.8) is 0 Å². The van der Waals surface area contributed by atoms with Crippen LogP contribution in [0.2, 0.25) is 5.02 Å². The molecule has 0 heterocycles. The minimum Gasteiger partial charge on any atom is -0.307 e. The van der Waals surface area contributed by atoms with Gasteiger partial charge in [0.2, 0.25) is 0 Å². The summed E-state index contributed by atoms with van der Waals surface area (Å²) < 4.78 is 0. The molecule has 3 saturated carbocycles. The third-order valence-electron chi connectivity index (χ3n) is 6.26. The molecule has 0 aromatic heterocycles. The summed E-state index contributed by atoms with van der Waals surface area (Å²) in [5.74, 6) is 4.12. The monoisotopic (exact) mass is 289 g/mol. The fourth-order valence-corrected chi connectivity index (χ4v) is 5.55. The van der Waals surface area contributed by atoms with E-state index in [1.807, 2.05) is 12.1 Å². The Labute approximate surface area is 127 Å². The van der Waals surface area contributed by atoms with E-state index in [0.717, 1.165) is 34.7 Å². The summed E-state index contributed by atoms with van der Waals surface area (Å²) >= 11 is 5.98. The normalized spacial score (nSPS) is 40.0. The van der Waals surface area contributed by atoms with E-state index in [4.69, 9.17) is 11.6 Å². The molecule has 2 bridgehead atoms. The second-order valence-corrected chi connectivity index (χ2v) is 7.64. The molecule has 4 rings (SSSR count). The zero-order valence-corrected chi connectivity index (χ0v) is 12.9. The highest BCUT2D eigenvalue weighted by atomic mass is 35.5. The fourth-order valence-electron chi connectivity index (χ4n) is 5.43. The van der Waals surface area contributed by atoms with Crippen molar-refractivity contribution in [2.45, 2.75) is 51.1 Å². The number of benzene rings is 1. The van der Waals surface area contributed by atoms with E-state index in [9.17, 15) is 0 Å². The highest BCUT2D eigenvalue weighted by molar-refractivity contribution is 6.30. The SMILES string of the molecule is C[C@H](NC1CC2CC1C1CCCC21)c1ccc(Cl)cc1. The number of fused-ring (bicyclic) bond motifs is 5. The molecule has 0 saturated heterocycles. The third-order valence-corrected chi connectivity index (χ3v) is 6.51. The Morgan fingerprint density at radius 3 is 2.60 bits per heavy atom. The molecule has 1 nitrogen and oxygen atoms in total. The Morgan fingerprint density at radius 1 is 1.05 bits per heavy atom. The summed E-state index contributed by atoms with van der Waals surface area (Å²) in [4.78, 5) is 0. The fraction of sp³-hybridized carbons (Fsp3) is 0.667. The predicted octanol–water partition coefficient (Wildman–Crippen LogP) is 4.82. The molecular weight excluding hydrogens is 266 g/mol. The van der Waals surface area contributed by atoms with Crippen molar-refractivity contribution in [1.29, 1.82) is 0 Å². The molecule has 1 aromatic carbocycles. The molecule has 2 heteroatoms. The summed E-state index contributed by atoms with van der Waals surface area (Å²) in [7, 11) is 0. The number of rotatable bonds is 3. The van der Waals surface area contributed by atoms with Crippen LogP contribution in [0.15, 0.2) is 24.3 Å². The van der Waals surface area contributed by atoms with Gasteiger partial charge in [-0.05, 0) is 74.0 Å². The third kappa shape index (κ3) is 2.10. The minimum atomic E-state index is 0.441. The lowest BCUT2D eigenvalue weighted by Crippen LogP contribution is -2.40. The smallest absolute Gasteiger partial charge is 0.0406 e. The maximum Gasteiger partial charge on any atom is 0.0406 e. The Balaban J connectivity index is 1.44. The van der Waals surface area contributed by atoms with Crippen molar-refractivity contribution in [2.75, 3.05) is 0 Å². The molecule has 6 atom stereocenters. The Hall–Kier alpha value is -0.530. The number of hydrogen-bond donors (Lipinski definition) is 1. The van der Waals surface area contributed by atoms with Crippen LogP contribution in [0.25, 0.3) is 0 Å². The summed E-state index contributed by atoms with van der Waals surface area (Å²) in [5, 5.41) is 4.74. The van der Waals surface area contributed by atoms with Crippen molar-refractivity contribution in [3.05, 3.63) is 34.9 Å². The summed E-state index contributed by atoms with van der Waals surface area (Å²) in [6.07, 6.45) is 7.43. The number of hydrogen-bond acceptors (Lipinski definition) is 1. The zero-order chi connectivity index (χ0) is 13.7. The van der Waals surface area contributed by atoms with Gasteiger partial charge in [-0.1, -0.05) is 30.2 Å². The molecule has 5 unspecified atom stereocenters. The van der Waals surface area contributed by atoms with Gasteiger partial charge in [0.25, 0.3) is 0 Å². The highest BCUT2D eigenvalue weighted by Gasteiger charge is 2.53. The average Bonchev–Trinajstić information content (AvgIpc) is 3.11. The van der Waals surface area contributed by atoms with Gasteiger partial charge in [-0.2, -0.15) is 0 Å².